The lowest BCUT2D eigenvalue weighted by Gasteiger charge is -2.21. The molecule has 0 aliphatic rings. The van der Waals surface area contributed by atoms with Crippen LogP contribution in [0.25, 0.3) is 0 Å². The maximum absolute atomic E-state index is 5.95. The van der Waals surface area contributed by atoms with E-state index in [0.29, 0.717) is 21.8 Å². The van der Waals surface area contributed by atoms with Gasteiger partial charge in [0, 0.05) is 12.6 Å². The Balaban J connectivity index is 2.88. The van der Waals surface area contributed by atoms with Crippen molar-refractivity contribution in [2.24, 2.45) is 0 Å². The van der Waals surface area contributed by atoms with Crippen LogP contribution in [0, 0.1) is 0 Å². The van der Waals surface area contributed by atoms with Crippen molar-refractivity contribution in [3.63, 3.8) is 0 Å². The molecule has 0 aromatic heterocycles. The molecule has 0 saturated carbocycles. The van der Waals surface area contributed by atoms with E-state index in [1.165, 1.54) is 0 Å². The maximum atomic E-state index is 5.95. The minimum absolute atomic E-state index is 0.453. The summed E-state index contributed by atoms with van der Waals surface area (Å²) in [7, 11) is 2.06. The molecule has 1 aromatic carbocycles. The lowest BCUT2D eigenvalue weighted by Crippen LogP contribution is -2.25. The molecule has 84 valence electrons. The summed E-state index contributed by atoms with van der Waals surface area (Å²) in [6, 6.07) is 4.21. The lowest BCUT2D eigenvalue weighted by molar-refractivity contribution is 0.266. The minimum atomic E-state index is 0.453. The standard InChI is InChI=1S/C11H16Cl2N2/c1-7(2)15(3)6-8-4-9(12)11(14)10(13)5-8/h4-5,7H,6,14H2,1-3H3. The molecule has 0 amide bonds. The molecule has 1 rings (SSSR count). The Hall–Kier alpha value is -0.440. The Morgan fingerprint density at radius 2 is 1.73 bits per heavy atom. The number of nitrogens with zero attached hydrogens (tertiary/aromatic N) is 1. The van der Waals surface area contributed by atoms with Gasteiger partial charge in [-0.3, -0.25) is 4.90 Å². The molecule has 4 heteroatoms. The van der Waals surface area contributed by atoms with Gasteiger partial charge < -0.3 is 5.73 Å². The van der Waals surface area contributed by atoms with Gasteiger partial charge in [0.2, 0.25) is 0 Å². The Kier molecular flexibility index (Phi) is 4.26. The van der Waals surface area contributed by atoms with Crippen LogP contribution in [0.5, 0.6) is 0 Å². The molecule has 2 nitrogen and oxygen atoms in total. The highest BCUT2D eigenvalue weighted by Crippen LogP contribution is 2.29. The zero-order valence-corrected chi connectivity index (χ0v) is 10.7. The Bertz CT molecular complexity index is 327. The molecule has 15 heavy (non-hydrogen) atoms. The van der Waals surface area contributed by atoms with Crippen LogP contribution in [-0.2, 0) is 6.54 Å². The monoisotopic (exact) mass is 246 g/mol. The average molecular weight is 247 g/mol. The van der Waals surface area contributed by atoms with Crippen molar-refractivity contribution in [2.75, 3.05) is 12.8 Å². The minimum Gasteiger partial charge on any atom is -0.396 e. The van der Waals surface area contributed by atoms with Gasteiger partial charge in [-0.1, -0.05) is 23.2 Å². The molecule has 0 saturated heterocycles. The summed E-state index contributed by atoms with van der Waals surface area (Å²) in [6.45, 7) is 5.10. The number of nitrogen functional groups attached to an aromatic ring is 1. The molecular weight excluding hydrogens is 231 g/mol. The first-order chi connectivity index (χ1) is 6.91. The van der Waals surface area contributed by atoms with Crippen LogP contribution in [0.15, 0.2) is 12.1 Å². The number of nitrogens with two attached hydrogens (primary N) is 1. The van der Waals surface area contributed by atoms with Crippen molar-refractivity contribution in [1.82, 2.24) is 4.90 Å². The summed E-state index contributed by atoms with van der Waals surface area (Å²) in [5, 5.41) is 1.05. The van der Waals surface area contributed by atoms with Crippen LogP contribution in [0.1, 0.15) is 19.4 Å². The van der Waals surface area contributed by atoms with E-state index in [4.69, 9.17) is 28.9 Å². The zero-order chi connectivity index (χ0) is 11.6. The number of rotatable bonds is 3. The van der Waals surface area contributed by atoms with Crippen LogP contribution in [0.4, 0.5) is 5.69 Å². The second kappa shape index (κ2) is 5.06. The topological polar surface area (TPSA) is 29.3 Å². The van der Waals surface area contributed by atoms with Crippen LogP contribution < -0.4 is 5.73 Å². The van der Waals surface area contributed by atoms with Crippen molar-refractivity contribution in [3.8, 4) is 0 Å². The quantitative estimate of drug-likeness (QED) is 0.829. The highest BCUT2D eigenvalue weighted by Gasteiger charge is 2.08. The van der Waals surface area contributed by atoms with Crippen LogP contribution in [-0.4, -0.2) is 18.0 Å². The predicted octanol–water partition coefficient (Wildman–Crippen LogP) is 3.42. The molecule has 0 spiro atoms. The third-order valence-corrected chi connectivity index (χ3v) is 3.08. The normalized spacial score (nSPS) is 11.4. The van der Waals surface area contributed by atoms with Gasteiger partial charge >= 0.3 is 0 Å². The van der Waals surface area contributed by atoms with E-state index in [1.54, 1.807) is 0 Å². The fourth-order valence-corrected chi connectivity index (χ4v) is 1.73. The van der Waals surface area contributed by atoms with E-state index < -0.39 is 0 Å². The molecule has 0 bridgehead atoms. The van der Waals surface area contributed by atoms with Crippen LogP contribution in [0.2, 0.25) is 10.0 Å². The molecule has 0 heterocycles. The van der Waals surface area contributed by atoms with Gasteiger partial charge in [0.25, 0.3) is 0 Å². The smallest absolute Gasteiger partial charge is 0.0693 e. The largest absolute Gasteiger partial charge is 0.396 e. The summed E-state index contributed by atoms with van der Waals surface area (Å²) < 4.78 is 0. The highest BCUT2D eigenvalue weighted by molar-refractivity contribution is 6.38. The van der Waals surface area contributed by atoms with Gasteiger partial charge in [-0.2, -0.15) is 0 Å². The first-order valence-electron chi connectivity index (χ1n) is 4.85. The third kappa shape index (κ3) is 3.26. The van der Waals surface area contributed by atoms with Crippen molar-refractivity contribution >= 4 is 28.9 Å². The summed E-state index contributed by atoms with van der Waals surface area (Å²) in [4.78, 5) is 2.21. The molecule has 0 atom stereocenters. The van der Waals surface area contributed by atoms with Gasteiger partial charge in [-0.15, -0.1) is 0 Å². The van der Waals surface area contributed by atoms with Gasteiger partial charge in [-0.25, -0.2) is 0 Å². The van der Waals surface area contributed by atoms with E-state index in [9.17, 15) is 0 Å². The molecule has 1 aromatic rings. The summed E-state index contributed by atoms with van der Waals surface area (Å²) in [6.07, 6.45) is 0. The maximum Gasteiger partial charge on any atom is 0.0693 e. The van der Waals surface area contributed by atoms with Crippen molar-refractivity contribution in [1.29, 1.82) is 0 Å². The van der Waals surface area contributed by atoms with Crippen LogP contribution >= 0.6 is 23.2 Å². The summed E-state index contributed by atoms with van der Waals surface area (Å²) in [5.74, 6) is 0. The second-order valence-corrected chi connectivity index (χ2v) is 4.80. The molecule has 0 unspecified atom stereocenters. The Morgan fingerprint density at radius 3 is 2.13 bits per heavy atom. The zero-order valence-electron chi connectivity index (χ0n) is 9.22. The molecular formula is C11H16Cl2N2. The second-order valence-electron chi connectivity index (χ2n) is 3.98. The Labute approximate surface area is 101 Å². The van der Waals surface area contributed by atoms with Gasteiger partial charge in [0.1, 0.15) is 0 Å². The van der Waals surface area contributed by atoms with Gasteiger partial charge in [0.05, 0.1) is 15.7 Å². The average Bonchev–Trinajstić information content (AvgIpc) is 2.13. The number of hydrogen-bond acceptors (Lipinski definition) is 2. The van der Waals surface area contributed by atoms with E-state index in [1.807, 2.05) is 12.1 Å². The summed E-state index contributed by atoms with van der Waals surface area (Å²) >= 11 is 11.9. The number of hydrogen-bond donors (Lipinski definition) is 1. The Morgan fingerprint density at radius 1 is 1.27 bits per heavy atom. The van der Waals surface area contributed by atoms with Crippen LogP contribution in [0.3, 0.4) is 0 Å². The number of benzene rings is 1. The summed E-state index contributed by atoms with van der Waals surface area (Å²) in [5.41, 5.74) is 7.20. The fraction of sp³-hybridized carbons (Fsp3) is 0.455. The van der Waals surface area contributed by atoms with Crippen molar-refractivity contribution < 1.29 is 0 Å². The molecule has 0 aliphatic carbocycles. The van der Waals surface area contributed by atoms with Crippen molar-refractivity contribution in [2.45, 2.75) is 26.4 Å². The lowest BCUT2D eigenvalue weighted by atomic mass is 10.2. The first-order valence-corrected chi connectivity index (χ1v) is 5.61. The fourth-order valence-electron chi connectivity index (χ4n) is 1.20. The van der Waals surface area contributed by atoms with Gasteiger partial charge in [0.15, 0.2) is 0 Å². The molecule has 0 fully saturated rings. The van der Waals surface area contributed by atoms with E-state index in [0.717, 1.165) is 12.1 Å². The van der Waals surface area contributed by atoms with Crippen molar-refractivity contribution in [3.05, 3.63) is 27.7 Å². The third-order valence-electron chi connectivity index (χ3n) is 2.45. The van der Waals surface area contributed by atoms with E-state index in [2.05, 4.69) is 25.8 Å². The molecule has 0 aliphatic heterocycles. The highest BCUT2D eigenvalue weighted by atomic mass is 35.5. The molecule has 0 radical (unpaired) electrons. The van der Waals surface area contributed by atoms with Gasteiger partial charge in [-0.05, 0) is 38.6 Å². The predicted molar refractivity (Wildman–Crippen MR) is 67.5 cm³/mol. The van der Waals surface area contributed by atoms with E-state index in [-0.39, 0.29) is 0 Å². The number of anilines is 1. The number of halogens is 2. The van der Waals surface area contributed by atoms with E-state index >= 15 is 0 Å². The SMILES string of the molecule is CC(C)N(C)Cc1cc(Cl)c(N)c(Cl)c1. The molecule has 2 N–H and O–H groups in total. The first kappa shape index (κ1) is 12.6.